The number of fused-ring (bicyclic) bond motifs is 1. The quantitative estimate of drug-likeness (QED) is 0.779. The van der Waals surface area contributed by atoms with Crippen LogP contribution in [0.4, 0.5) is 0 Å². The molecular weight excluding hydrogens is 300 g/mol. The topological polar surface area (TPSA) is 35.5 Å². The second kappa shape index (κ2) is 6.52. The molecule has 3 rings (SSSR count). The summed E-state index contributed by atoms with van der Waals surface area (Å²) in [4.78, 5) is 12.9. The lowest BCUT2D eigenvalue weighted by atomic mass is 9.85. The molecule has 0 fully saturated rings. The van der Waals surface area contributed by atoms with Crippen molar-refractivity contribution in [3.8, 4) is 11.5 Å². The molecule has 0 saturated heterocycles. The number of hydrogen-bond acceptors (Lipinski definition) is 3. The zero-order valence-electron chi connectivity index (χ0n) is 14.6. The third-order valence-electron chi connectivity index (χ3n) is 4.39. The van der Waals surface area contributed by atoms with E-state index in [1.165, 1.54) is 11.1 Å². The van der Waals surface area contributed by atoms with E-state index in [0.29, 0.717) is 11.5 Å². The minimum atomic E-state index is 0.0800. The summed E-state index contributed by atoms with van der Waals surface area (Å²) in [5, 5.41) is 0. The maximum atomic E-state index is 12.9. The van der Waals surface area contributed by atoms with E-state index < -0.39 is 0 Å². The largest absolute Gasteiger partial charge is 0.493 e. The molecule has 0 aliphatic heterocycles. The number of Topliss-reactive ketones (excluding diaryl/α,β-unsaturated/α-hetero) is 1. The second-order valence-electron chi connectivity index (χ2n) is 6.28. The molecule has 0 bridgehead atoms. The Morgan fingerprint density at radius 2 is 1.50 bits per heavy atom. The van der Waals surface area contributed by atoms with Crippen LogP contribution in [0, 0.1) is 13.8 Å². The summed E-state index contributed by atoms with van der Waals surface area (Å²) < 4.78 is 10.7. The fraction of sp³-hybridized carbons (Fsp3) is 0.286. The van der Waals surface area contributed by atoms with Crippen molar-refractivity contribution in [3.63, 3.8) is 0 Å². The molecule has 3 heteroatoms. The number of methoxy groups -OCH3 is 2. The smallest absolute Gasteiger partial charge is 0.189 e. The number of ketones is 1. The van der Waals surface area contributed by atoms with Crippen LogP contribution < -0.4 is 9.47 Å². The summed E-state index contributed by atoms with van der Waals surface area (Å²) in [5.41, 5.74) is 6.08. The normalized spacial score (nSPS) is 15.3. The molecule has 0 heterocycles. The van der Waals surface area contributed by atoms with Crippen molar-refractivity contribution in [1.82, 2.24) is 0 Å². The molecule has 124 valence electrons. The van der Waals surface area contributed by atoms with Gasteiger partial charge in [-0.05, 0) is 56.0 Å². The number of allylic oxidation sites excluding steroid dienone is 1. The van der Waals surface area contributed by atoms with Gasteiger partial charge in [0, 0.05) is 11.1 Å². The van der Waals surface area contributed by atoms with Crippen molar-refractivity contribution in [2.45, 2.75) is 26.7 Å². The van der Waals surface area contributed by atoms with E-state index in [1.54, 1.807) is 20.3 Å². The van der Waals surface area contributed by atoms with Gasteiger partial charge in [-0.2, -0.15) is 0 Å². The van der Waals surface area contributed by atoms with Crippen molar-refractivity contribution in [2.24, 2.45) is 0 Å². The molecule has 0 aromatic heterocycles. The summed E-state index contributed by atoms with van der Waals surface area (Å²) in [6.07, 6.45) is 3.59. The molecular formula is C21H22O3. The van der Waals surface area contributed by atoms with Gasteiger partial charge in [0.2, 0.25) is 0 Å². The average molecular weight is 322 g/mol. The standard InChI is InChI=1S/C21H22O3/c1-13-7-14(2)9-15(8-13)10-17-6-5-16-11-19(23-3)20(24-4)12-18(16)21(17)22/h7-12H,5-6H2,1-4H3/b17-10+. The zero-order chi connectivity index (χ0) is 17.3. The number of ether oxygens (including phenoxy) is 2. The fourth-order valence-electron chi connectivity index (χ4n) is 3.33. The Labute approximate surface area is 142 Å². The van der Waals surface area contributed by atoms with Crippen molar-refractivity contribution < 1.29 is 14.3 Å². The predicted octanol–water partition coefficient (Wildman–Crippen LogP) is 4.53. The molecule has 0 atom stereocenters. The van der Waals surface area contributed by atoms with E-state index in [1.807, 2.05) is 12.1 Å². The summed E-state index contributed by atoms with van der Waals surface area (Å²) in [5.74, 6) is 1.35. The Kier molecular flexibility index (Phi) is 4.43. The lowest BCUT2D eigenvalue weighted by Crippen LogP contribution is -2.14. The average Bonchev–Trinajstić information content (AvgIpc) is 2.55. The third-order valence-corrected chi connectivity index (χ3v) is 4.39. The van der Waals surface area contributed by atoms with Crippen LogP contribution in [-0.2, 0) is 6.42 Å². The van der Waals surface area contributed by atoms with Crippen molar-refractivity contribution in [2.75, 3.05) is 14.2 Å². The molecule has 1 aliphatic carbocycles. The first-order valence-corrected chi connectivity index (χ1v) is 8.10. The first-order valence-electron chi connectivity index (χ1n) is 8.10. The number of benzene rings is 2. The Hall–Kier alpha value is -2.55. The number of aryl methyl sites for hydroxylation is 3. The summed E-state index contributed by atoms with van der Waals surface area (Å²) in [7, 11) is 3.20. The molecule has 24 heavy (non-hydrogen) atoms. The van der Waals surface area contributed by atoms with Crippen LogP contribution in [0.25, 0.3) is 6.08 Å². The van der Waals surface area contributed by atoms with E-state index in [-0.39, 0.29) is 5.78 Å². The Balaban J connectivity index is 2.01. The van der Waals surface area contributed by atoms with Crippen LogP contribution in [0.3, 0.4) is 0 Å². The Morgan fingerprint density at radius 3 is 2.12 bits per heavy atom. The second-order valence-corrected chi connectivity index (χ2v) is 6.28. The van der Waals surface area contributed by atoms with Crippen molar-refractivity contribution in [3.05, 3.63) is 63.7 Å². The number of carbonyl (C=O) groups excluding carboxylic acids is 1. The SMILES string of the molecule is COc1cc2c(cc1OC)C(=O)/C(=C/c1cc(C)cc(C)c1)CC2. The molecule has 0 unspecified atom stereocenters. The molecule has 0 spiro atoms. The van der Waals surface area contributed by atoms with E-state index in [4.69, 9.17) is 9.47 Å². The van der Waals surface area contributed by atoms with Crippen LogP contribution in [0.2, 0.25) is 0 Å². The van der Waals surface area contributed by atoms with Gasteiger partial charge in [0.25, 0.3) is 0 Å². The van der Waals surface area contributed by atoms with Gasteiger partial charge in [-0.15, -0.1) is 0 Å². The van der Waals surface area contributed by atoms with Crippen molar-refractivity contribution in [1.29, 1.82) is 0 Å². The number of hydrogen-bond donors (Lipinski definition) is 0. The summed E-state index contributed by atoms with van der Waals surface area (Å²) in [6.45, 7) is 4.15. The molecule has 2 aromatic rings. The van der Waals surface area contributed by atoms with Gasteiger partial charge in [0.05, 0.1) is 14.2 Å². The lowest BCUT2D eigenvalue weighted by Gasteiger charge is -2.20. The van der Waals surface area contributed by atoms with E-state index >= 15 is 0 Å². The van der Waals surface area contributed by atoms with Crippen LogP contribution in [0.1, 0.15) is 39.0 Å². The van der Waals surface area contributed by atoms with Crippen LogP contribution in [0.5, 0.6) is 11.5 Å². The molecule has 0 N–H and O–H groups in total. The first-order chi connectivity index (χ1) is 11.5. The maximum absolute atomic E-state index is 12.9. The van der Waals surface area contributed by atoms with Gasteiger partial charge >= 0.3 is 0 Å². The monoisotopic (exact) mass is 322 g/mol. The highest BCUT2D eigenvalue weighted by Crippen LogP contribution is 2.35. The zero-order valence-corrected chi connectivity index (χ0v) is 14.6. The van der Waals surface area contributed by atoms with Gasteiger partial charge < -0.3 is 9.47 Å². The van der Waals surface area contributed by atoms with Gasteiger partial charge in [-0.1, -0.05) is 29.3 Å². The third kappa shape index (κ3) is 3.07. The van der Waals surface area contributed by atoms with Crippen molar-refractivity contribution >= 4 is 11.9 Å². The molecule has 0 amide bonds. The highest BCUT2D eigenvalue weighted by molar-refractivity contribution is 6.13. The summed E-state index contributed by atoms with van der Waals surface area (Å²) in [6, 6.07) is 10.1. The Bertz CT molecular complexity index is 811. The molecule has 2 aromatic carbocycles. The number of carbonyl (C=O) groups is 1. The van der Waals surface area contributed by atoms with Gasteiger partial charge in [0.1, 0.15) is 0 Å². The minimum absolute atomic E-state index is 0.0800. The Morgan fingerprint density at radius 1 is 0.875 bits per heavy atom. The lowest BCUT2D eigenvalue weighted by molar-refractivity contribution is 0.102. The minimum Gasteiger partial charge on any atom is -0.493 e. The predicted molar refractivity (Wildman–Crippen MR) is 96.1 cm³/mol. The number of rotatable bonds is 3. The van der Waals surface area contributed by atoms with Gasteiger partial charge in [-0.3, -0.25) is 4.79 Å². The van der Waals surface area contributed by atoms with E-state index in [9.17, 15) is 4.79 Å². The molecule has 3 nitrogen and oxygen atoms in total. The molecule has 0 radical (unpaired) electrons. The summed E-state index contributed by atoms with van der Waals surface area (Å²) >= 11 is 0. The maximum Gasteiger partial charge on any atom is 0.189 e. The molecule has 0 saturated carbocycles. The highest BCUT2D eigenvalue weighted by atomic mass is 16.5. The van der Waals surface area contributed by atoms with Crippen LogP contribution in [0.15, 0.2) is 35.9 Å². The van der Waals surface area contributed by atoms with Crippen LogP contribution >= 0.6 is 0 Å². The molecule has 1 aliphatic rings. The van der Waals surface area contributed by atoms with E-state index in [0.717, 1.165) is 35.1 Å². The van der Waals surface area contributed by atoms with Gasteiger partial charge in [0.15, 0.2) is 17.3 Å². The van der Waals surface area contributed by atoms with Crippen LogP contribution in [-0.4, -0.2) is 20.0 Å². The highest BCUT2D eigenvalue weighted by Gasteiger charge is 2.24. The van der Waals surface area contributed by atoms with Gasteiger partial charge in [-0.25, -0.2) is 0 Å². The van der Waals surface area contributed by atoms with E-state index in [2.05, 4.69) is 32.0 Å². The first kappa shape index (κ1) is 16.3. The fourth-order valence-corrected chi connectivity index (χ4v) is 3.33.